The van der Waals surface area contributed by atoms with Crippen molar-refractivity contribution in [2.24, 2.45) is 4.99 Å². The highest BCUT2D eigenvalue weighted by molar-refractivity contribution is 14.0. The molecule has 0 atom stereocenters. The molecule has 0 bridgehead atoms. The number of halogens is 2. The number of hydrogen-bond acceptors (Lipinski definition) is 3. The highest BCUT2D eigenvalue weighted by Gasteiger charge is 2.01. The van der Waals surface area contributed by atoms with Crippen LogP contribution in [0.25, 0.3) is 0 Å². The number of ether oxygens (including phenoxy) is 2. The molecule has 0 aliphatic rings. The van der Waals surface area contributed by atoms with Crippen LogP contribution in [0.2, 0.25) is 5.02 Å². The molecule has 0 aliphatic heterocycles. The average molecular weight is 476 g/mol. The Morgan fingerprint density at radius 2 is 1.92 bits per heavy atom. The lowest BCUT2D eigenvalue weighted by atomic mass is 10.2. The molecule has 2 aromatic carbocycles. The maximum atomic E-state index is 6.04. The van der Waals surface area contributed by atoms with Gasteiger partial charge in [0, 0.05) is 13.6 Å². The van der Waals surface area contributed by atoms with E-state index in [-0.39, 0.29) is 24.0 Å². The fourth-order valence-corrected chi connectivity index (χ4v) is 2.27. The minimum atomic E-state index is 0. The number of methoxy groups -OCH3 is 1. The van der Waals surface area contributed by atoms with Crippen molar-refractivity contribution in [2.45, 2.75) is 6.54 Å². The van der Waals surface area contributed by atoms with E-state index < -0.39 is 0 Å². The van der Waals surface area contributed by atoms with E-state index >= 15 is 0 Å². The molecule has 2 N–H and O–H groups in total. The Bertz CT molecular complexity index is 683. The van der Waals surface area contributed by atoms with E-state index in [1.54, 1.807) is 20.2 Å². The van der Waals surface area contributed by atoms with Crippen LogP contribution in [0.5, 0.6) is 11.5 Å². The van der Waals surface area contributed by atoms with E-state index in [1.807, 2.05) is 42.5 Å². The first kappa shape index (κ1) is 21.4. The molecule has 0 unspecified atom stereocenters. The predicted molar refractivity (Wildman–Crippen MR) is 114 cm³/mol. The summed E-state index contributed by atoms with van der Waals surface area (Å²) in [5, 5.41) is 7.06. The van der Waals surface area contributed by atoms with E-state index in [9.17, 15) is 0 Å². The van der Waals surface area contributed by atoms with Gasteiger partial charge in [-0.15, -0.1) is 24.0 Å². The van der Waals surface area contributed by atoms with E-state index in [0.29, 0.717) is 36.4 Å². The van der Waals surface area contributed by atoms with Gasteiger partial charge in [0.1, 0.15) is 18.1 Å². The smallest absolute Gasteiger partial charge is 0.191 e. The second-order valence-electron chi connectivity index (χ2n) is 4.98. The monoisotopic (exact) mass is 475 g/mol. The van der Waals surface area contributed by atoms with E-state index in [1.165, 1.54) is 0 Å². The summed E-state index contributed by atoms with van der Waals surface area (Å²) in [5.74, 6) is 2.23. The van der Waals surface area contributed by atoms with Crippen molar-refractivity contribution in [3.63, 3.8) is 0 Å². The topological polar surface area (TPSA) is 54.9 Å². The molecule has 7 heteroatoms. The fourth-order valence-electron chi connectivity index (χ4n) is 2.08. The van der Waals surface area contributed by atoms with Crippen molar-refractivity contribution in [3.05, 3.63) is 59.1 Å². The van der Waals surface area contributed by atoms with Crippen LogP contribution < -0.4 is 20.1 Å². The number of benzene rings is 2. The van der Waals surface area contributed by atoms with Crippen molar-refractivity contribution in [1.82, 2.24) is 10.6 Å². The van der Waals surface area contributed by atoms with Crippen LogP contribution in [-0.2, 0) is 6.54 Å². The zero-order valence-corrected chi connectivity index (χ0v) is 17.4. The second-order valence-corrected chi connectivity index (χ2v) is 5.39. The Balaban J connectivity index is 0.00000312. The molecule has 2 rings (SSSR count). The van der Waals surface area contributed by atoms with Gasteiger partial charge in [-0.2, -0.15) is 0 Å². The molecule has 0 fully saturated rings. The summed E-state index contributed by atoms with van der Waals surface area (Å²) in [6.45, 7) is 1.76. The van der Waals surface area contributed by atoms with E-state index in [2.05, 4.69) is 15.6 Å². The Hall–Kier alpha value is -1.67. The van der Waals surface area contributed by atoms with Crippen LogP contribution in [0.3, 0.4) is 0 Å². The van der Waals surface area contributed by atoms with Crippen molar-refractivity contribution in [3.8, 4) is 11.5 Å². The molecule has 0 amide bonds. The molecule has 0 heterocycles. The molecule has 0 spiro atoms. The molecule has 0 radical (unpaired) electrons. The van der Waals surface area contributed by atoms with Crippen molar-refractivity contribution < 1.29 is 9.47 Å². The first-order valence-electron chi connectivity index (χ1n) is 7.67. The lowest BCUT2D eigenvalue weighted by Gasteiger charge is -2.13. The van der Waals surface area contributed by atoms with Gasteiger partial charge < -0.3 is 20.1 Å². The van der Waals surface area contributed by atoms with E-state index in [0.717, 1.165) is 11.3 Å². The van der Waals surface area contributed by atoms with Gasteiger partial charge in [0.05, 0.1) is 18.7 Å². The minimum absolute atomic E-state index is 0. The average Bonchev–Trinajstić information content (AvgIpc) is 2.62. The van der Waals surface area contributed by atoms with Crippen LogP contribution in [0.4, 0.5) is 0 Å². The normalized spacial score (nSPS) is 10.6. The third kappa shape index (κ3) is 7.39. The molecule has 0 saturated heterocycles. The predicted octanol–water partition coefficient (Wildman–Crippen LogP) is 3.71. The molecular weight excluding hydrogens is 453 g/mol. The number of hydrogen-bond donors (Lipinski definition) is 2. The van der Waals surface area contributed by atoms with Crippen LogP contribution in [-0.4, -0.2) is 33.3 Å². The van der Waals surface area contributed by atoms with Gasteiger partial charge in [0.15, 0.2) is 5.96 Å². The Morgan fingerprint density at radius 3 is 2.64 bits per heavy atom. The Morgan fingerprint density at radius 1 is 1.12 bits per heavy atom. The third-order valence-corrected chi connectivity index (χ3v) is 3.62. The molecular formula is C18H23ClIN3O2. The number of nitrogens with zero attached hydrogens (tertiary/aromatic N) is 1. The Kier molecular flexibility index (Phi) is 10.1. The fraction of sp³-hybridized carbons (Fsp3) is 0.278. The number of nitrogens with one attached hydrogen (secondary N) is 2. The summed E-state index contributed by atoms with van der Waals surface area (Å²) in [6, 6.07) is 15.3. The van der Waals surface area contributed by atoms with E-state index in [4.69, 9.17) is 21.1 Å². The van der Waals surface area contributed by atoms with Crippen LogP contribution in [0.15, 0.2) is 53.5 Å². The standard InChI is InChI=1S/C18H22ClN3O2.HI/c1-20-18(22-13-14-6-5-7-15(12-14)23-2)21-10-11-24-17-9-4-3-8-16(17)19;/h3-9,12H,10-11,13H2,1-2H3,(H2,20,21,22);1H. The quantitative estimate of drug-likeness (QED) is 0.277. The van der Waals surface area contributed by atoms with Crippen LogP contribution in [0.1, 0.15) is 5.56 Å². The van der Waals surface area contributed by atoms with Crippen molar-refractivity contribution in [1.29, 1.82) is 0 Å². The molecule has 0 saturated carbocycles. The summed E-state index contributed by atoms with van der Waals surface area (Å²) >= 11 is 6.04. The summed E-state index contributed by atoms with van der Waals surface area (Å²) in [4.78, 5) is 4.19. The van der Waals surface area contributed by atoms with Gasteiger partial charge in [0.2, 0.25) is 0 Å². The highest BCUT2D eigenvalue weighted by atomic mass is 127. The summed E-state index contributed by atoms with van der Waals surface area (Å²) in [6.07, 6.45) is 0. The van der Waals surface area contributed by atoms with Gasteiger partial charge in [0.25, 0.3) is 0 Å². The SMILES string of the molecule is CN=C(NCCOc1ccccc1Cl)NCc1cccc(OC)c1.I. The second kappa shape index (κ2) is 11.8. The maximum Gasteiger partial charge on any atom is 0.191 e. The first-order chi connectivity index (χ1) is 11.7. The number of rotatable bonds is 7. The number of guanidine groups is 1. The van der Waals surface area contributed by atoms with Crippen LogP contribution in [0, 0.1) is 0 Å². The van der Waals surface area contributed by atoms with Gasteiger partial charge in [-0.05, 0) is 29.8 Å². The minimum Gasteiger partial charge on any atom is -0.497 e. The molecule has 0 aromatic heterocycles. The molecule has 2 aromatic rings. The van der Waals surface area contributed by atoms with Crippen LogP contribution >= 0.6 is 35.6 Å². The zero-order valence-electron chi connectivity index (χ0n) is 14.3. The Labute approximate surface area is 170 Å². The molecule has 25 heavy (non-hydrogen) atoms. The third-order valence-electron chi connectivity index (χ3n) is 3.31. The van der Waals surface area contributed by atoms with Crippen molar-refractivity contribution in [2.75, 3.05) is 27.3 Å². The first-order valence-corrected chi connectivity index (χ1v) is 8.05. The maximum absolute atomic E-state index is 6.04. The summed E-state index contributed by atoms with van der Waals surface area (Å²) < 4.78 is 10.8. The molecule has 0 aliphatic carbocycles. The molecule has 136 valence electrons. The number of aliphatic imine (C=N–C) groups is 1. The summed E-state index contributed by atoms with van der Waals surface area (Å²) in [5.41, 5.74) is 1.12. The van der Waals surface area contributed by atoms with Gasteiger partial charge in [-0.25, -0.2) is 0 Å². The van der Waals surface area contributed by atoms with Gasteiger partial charge in [-0.3, -0.25) is 4.99 Å². The molecule has 5 nitrogen and oxygen atoms in total. The highest BCUT2D eigenvalue weighted by Crippen LogP contribution is 2.22. The zero-order chi connectivity index (χ0) is 17.2. The lowest BCUT2D eigenvalue weighted by Crippen LogP contribution is -2.38. The van der Waals surface area contributed by atoms with Gasteiger partial charge >= 0.3 is 0 Å². The van der Waals surface area contributed by atoms with Gasteiger partial charge in [-0.1, -0.05) is 35.9 Å². The lowest BCUT2D eigenvalue weighted by molar-refractivity contribution is 0.322. The summed E-state index contributed by atoms with van der Waals surface area (Å²) in [7, 11) is 3.39. The largest absolute Gasteiger partial charge is 0.497 e. The number of para-hydroxylation sites is 1. The van der Waals surface area contributed by atoms with Crippen molar-refractivity contribution >= 4 is 41.5 Å².